The topological polar surface area (TPSA) is 39.7 Å². The molecular formula is C15H23NO3S. The Labute approximate surface area is 125 Å². The fraction of sp³-hybridized carbons (Fsp3) is 0.600. The van der Waals surface area contributed by atoms with Crippen molar-refractivity contribution in [3.05, 3.63) is 18.2 Å². The first-order chi connectivity index (χ1) is 9.83. The first-order valence-electron chi connectivity index (χ1n) is 7.08. The highest BCUT2D eigenvalue weighted by Gasteiger charge is 2.12. The van der Waals surface area contributed by atoms with Crippen LogP contribution in [0.2, 0.25) is 0 Å². The fourth-order valence-electron chi connectivity index (χ4n) is 2.09. The molecule has 1 heterocycles. The Morgan fingerprint density at radius 2 is 2.10 bits per heavy atom. The summed E-state index contributed by atoms with van der Waals surface area (Å²) in [4.78, 5) is 1.20. The number of ether oxygens (including phenoxy) is 3. The second-order valence-electron chi connectivity index (χ2n) is 4.68. The lowest BCUT2D eigenvalue weighted by Gasteiger charge is -2.16. The van der Waals surface area contributed by atoms with Crippen molar-refractivity contribution in [2.75, 3.05) is 39.2 Å². The van der Waals surface area contributed by atoms with Gasteiger partial charge < -0.3 is 19.5 Å². The zero-order chi connectivity index (χ0) is 14.2. The molecule has 0 aliphatic carbocycles. The van der Waals surface area contributed by atoms with E-state index in [2.05, 4.69) is 24.4 Å². The monoisotopic (exact) mass is 297 g/mol. The van der Waals surface area contributed by atoms with Crippen LogP contribution in [0.25, 0.3) is 0 Å². The van der Waals surface area contributed by atoms with Crippen LogP contribution in [-0.2, 0) is 4.74 Å². The van der Waals surface area contributed by atoms with Gasteiger partial charge in [-0.05, 0) is 24.7 Å². The lowest BCUT2D eigenvalue weighted by atomic mass is 10.3. The molecule has 0 saturated heterocycles. The summed E-state index contributed by atoms with van der Waals surface area (Å²) in [5.74, 6) is 2.69. The van der Waals surface area contributed by atoms with E-state index in [1.807, 2.05) is 17.8 Å². The molecule has 1 aliphatic heterocycles. The maximum atomic E-state index is 5.71. The Balaban J connectivity index is 1.93. The van der Waals surface area contributed by atoms with Crippen LogP contribution in [0.15, 0.2) is 23.1 Å². The molecule has 0 spiro atoms. The summed E-state index contributed by atoms with van der Waals surface area (Å²) in [7, 11) is 1.74. The van der Waals surface area contributed by atoms with E-state index in [9.17, 15) is 0 Å². The van der Waals surface area contributed by atoms with Gasteiger partial charge in [-0.3, -0.25) is 0 Å². The van der Waals surface area contributed by atoms with E-state index < -0.39 is 0 Å². The SMILES string of the molecule is CCNC(COC)CSc1ccc2c(c1)OCCCO2. The quantitative estimate of drug-likeness (QED) is 0.783. The molecule has 2 rings (SSSR count). The molecule has 20 heavy (non-hydrogen) atoms. The van der Waals surface area contributed by atoms with Gasteiger partial charge in [0, 0.05) is 30.2 Å². The maximum absolute atomic E-state index is 5.71. The molecule has 0 bridgehead atoms. The third-order valence-electron chi connectivity index (χ3n) is 3.03. The normalized spacial score (nSPS) is 15.7. The number of benzene rings is 1. The van der Waals surface area contributed by atoms with E-state index in [0.717, 1.165) is 50.0 Å². The zero-order valence-electron chi connectivity index (χ0n) is 12.2. The number of methoxy groups -OCH3 is 1. The largest absolute Gasteiger partial charge is 0.490 e. The number of likely N-dealkylation sites (N-methyl/N-ethyl adjacent to an activating group) is 1. The van der Waals surface area contributed by atoms with E-state index in [1.54, 1.807) is 7.11 Å². The molecule has 0 fully saturated rings. The lowest BCUT2D eigenvalue weighted by Crippen LogP contribution is -2.35. The summed E-state index contributed by atoms with van der Waals surface area (Å²) in [5.41, 5.74) is 0. The Kier molecular flexibility index (Phi) is 6.50. The van der Waals surface area contributed by atoms with Gasteiger partial charge in [0.25, 0.3) is 0 Å². The predicted octanol–water partition coefficient (Wildman–Crippen LogP) is 2.56. The molecule has 1 N–H and O–H groups in total. The average molecular weight is 297 g/mol. The van der Waals surface area contributed by atoms with E-state index in [0.29, 0.717) is 6.04 Å². The summed E-state index contributed by atoms with van der Waals surface area (Å²) in [5, 5.41) is 3.42. The van der Waals surface area contributed by atoms with Gasteiger partial charge >= 0.3 is 0 Å². The Bertz CT molecular complexity index is 408. The van der Waals surface area contributed by atoms with Crippen molar-refractivity contribution in [3.8, 4) is 11.5 Å². The van der Waals surface area contributed by atoms with Crippen LogP contribution in [0.4, 0.5) is 0 Å². The number of nitrogens with one attached hydrogen (secondary N) is 1. The summed E-state index contributed by atoms with van der Waals surface area (Å²) in [6.45, 7) is 5.25. The van der Waals surface area contributed by atoms with Gasteiger partial charge in [0.1, 0.15) is 0 Å². The molecule has 1 aromatic rings. The second kappa shape index (κ2) is 8.39. The van der Waals surface area contributed by atoms with Crippen molar-refractivity contribution in [2.45, 2.75) is 24.3 Å². The highest BCUT2D eigenvalue weighted by Crippen LogP contribution is 2.34. The smallest absolute Gasteiger partial charge is 0.162 e. The van der Waals surface area contributed by atoms with Crippen molar-refractivity contribution in [1.29, 1.82) is 0 Å². The van der Waals surface area contributed by atoms with Crippen LogP contribution in [0.3, 0.4) is 0 Å². The summed E-state index contributed by atoms with van der Waals surface area (Å²) >= 11 is 1.81. The first kappa shape index (κ1) is 15.5. The molecule has 0 radical (unpaired) electrons. The number of hydrogen-bond donors (Lipinski definition) is 1. The van der Waals surface area contributed by atoms with Crippen molar-refractivity contribution in [1.82, 2.24) is 5.32 Å². The van der Waals surface area contributed by atoms with E-state index in [-0.39, 0.29) is 0 Å². The molecular weight excluding hydrogens is 274 g/mol. The molecule has 4 nitrogen and oxygen atoms in total. The molecule has 0 amide bonds. The van der Waals surface area contributed by atoms with Crippen LogP contribution in [0.5, 0.6) is 11.5 Å². The van der Waals surface area contributed by atoms with Gasteiger partial charge in [0.2, 0.25) is 0 Å². The molecule has 1 aromatic carbocycles. The molecule has 1 unspecified atom stereocenters. The molecule has 1 aliphatic rings. The number of fused-ring (bicyclic) bond motifs is 1. The highest BCUT2D eigenvalue weighted by molar-refractivity contribution is 7.99. The minimum Gasteiger partial charge on any atom is -0.490 e. The van der Waals surface area contributed by atoms with E-state index in [4.69, 9.17) is 14.2 Å². The highest BCUT2D eigenvalue weighted by atomic mass is 32.2. The van der Waals surface area contributed by atoms with Crippen LogP contribution in [-0.4, -0.2) is 45.3 Å². The maximum Gasteiger partial charge on any atom is 0.162 e. The van der Waals surface area contributed by atoms with Gasteiger partial charge in [0.05, 0.1) is 19.8 Å². The van der Waals surface area contributed by atoms with Crippen molar-refractivity contribution >= 4 is 11.8 Å². The Morgan fingerprint density at radius 1 is 1.30 bits per heavy atom. The third kappa shape index (κ3) is 4.58. The average Bonchev–Trinajstić information content (AvgIpc) is 2.70. The summed E-state index contributed by atoms with van der Waals surface area (Å²) in [6.07, 6.45) is 0.938. The molecule has 112 valence electrons. The molecule has 1 atom stereocenters. The summed E-state index contributed by atoms with van der Waals surface area (Å²) < 4.78 is 16.6. The van der Waals surface area contributed by atoms with E-state index >= 15 is 0 Å². The fourth-order valence-corrected chi connectivity index (χ4v) is 3.05. The van der Waals surface area contributed by atoms with Crippen molar-refractivity contribution in [3.63, 3.8) is 0 Å². The van der Waals surface area contributed by atoms with Gasteiger partial charge in [0.15, 0.2) is 11.5 Å². The third-order valence-corrected chi connectivity index (χ3v) is 4.19. The van der Waals surface area contributed by atoms with E-state index in [1.165, 1.54) is 4.90 Å². The number of rotatable bonds is 7. The van der Waals surface area contributed by atoms with Crippen LogP contribution in [0, 0.1) is 0 Å². The predicted molar refractivity (Wildman–Crippen MR) is 82.1 cm³/mol. The minimum absolute atomic E-state index is 0.367. The molecule has 0 aromatic heterocycles. The summed E-state index contributed by atoms with van der Waals surface area (Å²) in [6, 6.07) is 6.53. The van der Waals surface area contributed by atoms with Crippen LogP contribution in [0.1, 0.15) is 13.3 Å². The zero-order valence-corrected chi connectivity index (χ0v) is 13.0. The standard InChI is InChI=1S/C15H23NO3S/c1-3-16-12(10-17-2)11-20-13-5-6-14-15(9-13)19-8-4-7-18-14/h5-6,9,12,16H,3-4,7-8,10-11H2,1-2H3. The Morgan fingerprint density at radius 3 is 2.85 bits per heavy atom. The second-order valence-corrected chi connectivity index (χ2v) is 5.77. The van der Waals surface area contributed by atoms with Gasteiger partial charge in [-0.25, -0.2) is 0 Å². The van der Waals surface area contributed by atoms with Crippen molar-refractivity contribution in [2.24, 2.45) is 0 Å². The van der Waals surface area contributed by atoms with Gasteiger partial charge in [-0.2, -0.15) is 0 Å². The lowest BCUT2D eigenvalue weighted by molar-refractivity contribution is 0.174. The van der Waals surface area contributed by atoms with Crippen LogP contribution < -0.4 is 14.8 Å². The Hall–Kier alpha value is -0.910. The van der Waals surface area contributed by atoms with Crippen LogP contribution >= 0.6 is 11.8 Å². The minimum atomic E-state index is 0.367. The molecule has 0 saturated carbocycles. The van der Waals surface area contributed by atoms with Crippen molar-refractivity contribution < 1.29 is 14.2 Å². The molecule has 5 heteroatoms. The number of hydrogen-bond acceptors (Lipinski definition) is 5. The van der Waals surface area contributed by atoms with Gasteiger partial charge in [-0.1, -0.05) is 6.92 Å². The number of thioether (sulfide) groups is 1. The van der Waals surface area contributed by atoms with Gasteiger partial charge in [-0.15, -0.1) is 11.8 Å². The first-order valence-corrected chi connectivity index (χ1v) is 8.06.